The lowest BCUT2D eigenvalue weighted by Gasteiger charge is -2.31. The number of benzene rings is 1. The highest BCUT2D eigenvalue weighted by molar-refractivity contribution is 9.10. The van der Waals surface area contributed by atoms with Crippen molar-refractivity contribution in [3.63, 3.8) is 0 Å². The van der Waals surface area contributed by atoms with E-state index in [4.69, 9.17) is 5.73 Å². The Balaban J connectivity index is 0.00000361. The van der Waals surface area contributed by atoms with Gasteiger partial charge in [0, 0.05) is 16.6 Å². The molecule has 0 heterocycles. The monoisotopic (exact) mass is 384 g/mol. The first-order valence-electron chi connectivity index (χ1n) is 6.30. The molecule has 20 heavy (non-hydrogen) atoms. The predicted octanol–water partition coefficient (Wildman–Crippen LogP) is 2.98. The molecule has 0 saturated carbocycles. The van der Waals surface area contributed by atoms with Crippen molar-refractivity contribution in [2.24, 2.45) is 5.73 Å². The molecule has 3 N–H and O–H groups in total. The van der Waals surface area contributed by atoms with Gasteiger partial charge in [0.2, 0.25) is 10.0 Å². The molecule has 7 heteroatoms. The van der Waals surface area contributed by atoms with Crippen LogP contribution in [-0.4, -0.2) is 20.5 Å². The van der Waals surface area contributed by atoms with E-state index >= 15 is 0 Å². The van der Waals surface area contributed by atoms with E-state index in [0.717, 1.165) is 4.47 Å². The molecule has 0 aromatic heterocycles. The Morgan fingerprint density at radius 3 is 2.25 bits per heavy atom. The number of hydrogen-bond acceptors (Lipinski definition) is 3. The zero-order valence-electron chi connectivity index (χ0n) is 11.9. The second-order valence-corrected chi connectivity index (χ2v) is 7.27. The molecule has 0 radical (unpaired) electrons. The Hall–Kier alpha value is -0.140. The Morgan fingerprint density at radius 2 is 1.85 bits per heavy atom. The van der Waals surface area contributed by atoms with E-state index < -0.39 is 15.6 Å². The molecule has 4 nitrogen and oxygen atoms in total. The standard InChI is InChI=1S/C13H21BrN2O2S.ClH/c1-4-13(5-2,9-15)16-19(17,18)12-7-6-11(14)8-10(12)3;/h6-8,16H,4-5,9,15H2,1-3H3;1H. The van der Waals surface area contributed by atoms with E-state index in [1.807, 2.05) is 13.8 Å². The van der Waals surface area contributed by atoms with Gasteiger partial charge >= 0.3 is 0 Å². The van der Waals surface area contributed by atoms with Gasteiger partial charge in [-0.25, -0.2) is 13.1 Å². The summed E-state index contributed by atoms with van der Waals surface area (Å²) in [7, 11) is -3.55. The first kappa shape index (κ1) is 19.9. The Kier molecular flexibility index (Phi) is 7.70. The zero-order valence-corrected chi connectivity index (χ0v) is 15.2. The fourth-order valence-electron chi connectivity index (χ4n) is 1.98. The van der Waals surface area contributed by atoms with E-state index in [1.54, 1.807) is 25.1 Å². The highest BCUT2D eigenvalue weighted by Gasteiger charge is 2.31. The van der Waals surface area contributed by atoms with E-state index in [-0.39, 0.29) is 19.0 Å². The van der Waals surface area contributed by atoms with Gasteiger partial charge in [0.25, 0.3) is 0 Å². The topological polar surface area (TPSA) is 72.2 Å². The van der Waals surface area contributed by atoms with Crippen LogP contribution in [0.3, 0.4) is 0 Å². The number of nitrogens with two attached hydrogens (primary N) is 1. The summed E-state index contributed by atoms with van der Waals surface area (Å²) in [4.78, 5) is 0.301. The van der Waals surface area contributed by atoms with E-state index in [0.29, 0.717) is 23.3 Å². The zero-order chi connectivity index (χ0) is 14.7. The van der Waals surface area contributed by atoms with Crippen LogP contribution in [0.4, 0.5) is 0 Å². The minimum absolute atomic E-state index is 0. The summed E-state index contributed by atoms with van der Waals surface area (Å²) < 4.78 is 28.6. The molecular formula is C13H22BrClN2O2S. The lowest BCUT2D eigenvalue weighted by molar-refractivity contribution is 0.363. The molecule has 0 atom stereocenters. The fourth-order valence-corrected chi connectivity index (χ4v) is 4.24. The molecular weight excluding hydrogens is 364 g/mol. The smallest absolute Gasteiger partial charge is 0.241 e. The molecule has 0 unspecified atom stereocenters. The summed E-state index contributed by atoms with van der Waals surface area (Å²) in [5, 5.41) is 0. The van der Waals surface area contributed by atoms with Gasteiger partial charge < -0.3 is 5.73 Å². The second kappa shape index (κ2) is 7.75. The lowest BCUT2D eigenvalue weighted by Crippen LogP contribution is -2.52. The minimum atomic E-state index is -3.55. The van der Waals surface area contributed by atoms with Crippen molar-refractivity contribution >= 4 is 38.4 Å². The molecule has 0 aliphatic rings. The molecule has 0 fully saturated rings. The first-order chi connectivity index (χ1) is 8.80. The summed E-state index contributed by atoms with van der Waals surface area (Å²) in [5.41, 5.74) is 5.88. The van der Waals surface area contributed by atoms with Crippen LogP contribution in [0, 0.1) is 6.92 Å². The number of rotatable bonds is 6. The number of sulfonamides is 1. The molecule has 1 aromatic carbocycles. The van der Waals surface area contributed by atoms with Crippen molar-refractivity contribution in [2.45, 2.75) is 44.0 Å². The second-order valence-electron chi connectivity index (χ2n) is 4.71. The average molecular weight is 386 g/mol. The third-order valence-electron chi connectivity index (χ3n) is 3.52. The summed E-state index contributed by atoms with van der Waals surface area (Å²) in [6.45, 7) is 5.94. The predicted molar refractivity (Wildman–Crippen MR) is 88.8 cm³/mol. The molecule has 1 aromatic rings. The van der Waals surface area contributed by atoms with Crippen molar-refractivity contribution in [1.82, 2.24) is 4.72 Å². The van der Waals surface area contributed by atoms with Crippen LogP contribution in [0.2, 0.25) is 0 Å². The van der Waals surface area contributed by atoms with Gasteiger partial charge in [0.15, 0.2) is 0 Å². The quantitative estimate of drug-likeness (QED) is 0.790. The normalized spacial score (nSPS) is 12.1. The van der Waals surface area contributed by atoms with Crippen molar-refractivity contribution in [3.05, 3.63) is 28.2 Å². The number of aryl methyl sites for hydroxylation is 1. The van der Waals surface area contributed by atoms with Crippen LogP contribution in [0.25, 0.3) is 0 Å². The van der Waals surface area contributed by atoms with Crippen molar-refractivity contribution in [3.8, 4) is 0 Å². The van der Waals surface area contributed by atoms with Gasteiger partial charge in [-0.15, -0.1) is 12.4 Å². The number of nitrogens with one attached hydrogen (secondary N) is 1. The molecule has 0 aliphatic heterocycles. The third kappa shape index (κ3) is 4.43. The molecule has 0 spiro atoms. The number of halogens is 2. The highest BCUT2D eigenvalue weighted by Crippen LogP contribution is 2.23. The van der Waals surface area contributed by atoms with Crippen LogP contribution in [0.5, 0.6) is 0 Å². The highest BCUT2D eigenvalue weighted by atomic mass is 79.9. The van der Waals surface area contributed by atoms with Gasteiger partial charge in [0.1, 0.15) is 0 Å². The lowest BCUT2D eigenvalue weighted by atomic mass is 9.95. The Morgan fingerprint density at radius 1 is 1.30 bits per heavy atom. The molecule has 0 aliphatic carbocycles. The van der Waals surface area contributed by atoms with Gasteiger partial charge in [0.05, 0.1) is 4.90 Å². The van der Waals surface area contributed by atoms with Crippen LogP contribution in [0.1, 0.15) is 32.3 Å². The maximum absolute atomic E-state index is 12.5. The van der Waals surface area contributed by atoms with Gasteiger partial charge in [-0.3, -0.25) is 0 Å². The van der Waals surface area contributed by atoms with Crippen LogP contribution >= 0.6 is 28.3 Å². The number of hydrogen-bond donors (Lipinski definition) is 2. The van der Waals surface area contributed by atoms with Gasteiger partial charge in [-0.05, 0) is 43.5 Å². The maximum atomic E-state index is 12.5. The van der Waals surface area contributed by atoms with Gasteiger partial charge in [-0.2, -0.15) is 0 Å². The minimum Gasteiger partial charge on any atom is -0.329 e. The Bertz CT molecular complexity index is 537. The SMILES string of the molecule is CCC(CC)(CN)NS(=O)(=O)c1ccc(Br)cc1C.Cl. The average Bonchev–Trinajstić information content (AvgIpc) is 2.35. The summed E-state index contributed by atoms with van der Waals surface area (Å²) in [5.74, 6) is 0. The van der Waals surface area contributed by atoms with Crippen LogP contribution in [-0.2, 0) is 10.0 Å². The molecule has 116 valence electrons. The molecule has 1 rings (SSSR count). The maximum Gasteiger partial charge on any atom is 0.241 e. The summed E-state index contributed by atoms with van der Waals surface area (Å²) in [6, 6.07) is 5.12. The fraction of sp³-hybridized carbons (Fsp3) is 0.538. The van der Waals surface area contributed by atoms with Crippen molar-refractivity contribution in [1.29, 1.82) is 0 Å². The van der Waals surface area contributed by atoms with Crippen molar-refractivity contribution < 1.29 is 8.42 Å². The van der Waals surface area contributed by atoms with Crippen molar-refractivity contribution in [2.75, 3.05) is 6.54 Å². The van der Waals surface area contributed by atoms with Crippen LogP contribution in [0.15, 0.2) is 27.6 Å². The van der Waals surface area contributed by atoms with E-state index in [2.05, 4.69) is 20.7 Å². The molecule has 0 amide bonds. The largest absolute Gasteiger partial charge is 0.329 e. The van der Waals surface area contributed by atoms with E-state index in [1.165, 1.54) is 0 Å². The summed E-state index contributed by atoms with van der Waals surface area (Å²) >= 11 is 3.33. The van der Waals surface area contributed by atoms with E-state index in [9.17, 15) is 8.42 Å². The first-order valence-corrected chi connectivity index (χ1v) is 8.58. The molecule has 0 saturated heterocycles. The molecule has 0 bridgehead atoms. The third-order valence-corrected chi connectivity index (χ3v) is 5.75. The Labute approximate surface area is 136 Å². The van der Waals surface area contributed by atoms with Crippen LogP contribution < -0.4 is 10.5 Å². The summed E-state index contributed by atoms with van der Waals surface area (Å²) in [6.07, 6.45) is 1.32. The van der Waals surface area contributed by atoms with Gasteiger partial charge in [-0.1, -0.05) is 29.8 Å².